The lowest BCUT2D eigenvalue weighted by Gasteiger charge is -2.29. The van der Waals surface area contributed by atoms with Gasteiger partial charge in [-0.15, -0.1) is 11.3 Å². The molecule has 0 aliphatic heterocycles. The second-order valence-corrected chi connectivity index (χ2v) is 10.00. The summed E-state index contributed by atoms with van der Waals surface area (Å²) < 4.78 is 27.9. The van der Waals surface area contributed by atoms with Gasteiger partial charge in [0.05, 0.1) is 21.0 Å². The molecule has 5 nitrogen and oxygen atoms in total. The molecule has 24 heavy (non-hydrogen) atoms. The minimum absolute atomic E-state index is 0.0993. The highest BCUT2D eigenvalue weighted by Gasteiger charge is 2.26. The van der Waals surface area contributed by atoms with Gasteiger partial charge < -0.3 is 5.32 Å². The SMILES string of the molecule is CC(C)S(=O)(=O)N[C@H]1CC[C@H](CNc2ccc3ncsc3c2)CC1. The van der Waals surface area contributed by atoms with Crippen molar-refractivity contribution in [1.29, 1.82) is 0 Å². The van der Waals surface area contributed by atoms with Crippen molar-refractivity contribution in [2.24, 2.45) is 5.92 Å². The van der Waals surface area contributed by atoms with Crippen LogP contribution in [0, 0.1) is 5.92 Å². The summed E-state index contributed by atoms with van der Waals surface area (Å²) in [5.41, 5.74) is 4.05. The first-order chi connectivity index (χ1) is 11.4. The molecule has 1 fully saturated rings. The molecule has 0 atom stereocenters. The summed E-state index contributed by atoms with van der Waals surface area (Å²) in [6.45, 7) is 4.38. The van der Waals surface area contributed by atoms with E-state index in [0.717, 1.165) is 43.4 Å². The number of benzene rings is 1. The average Bonchev–Trinajstić information content (AvgIpc) is 3.01. The van der Waals surface area contributed by atoms with E-state index in [4.69, 9.17) is 0 Å². The second kappa shape index (κ2) is 7.37. The van der Waals surface area contributed by atoms with Gasteiger partial charge in [0.2, 0.25) is 10.0 Å². The van der Waals surface area contributed by atoms with Crippen LogP contribution in [-0.4, -0.2) is 31.2 Å². The van der Waals surface area contributed by atoms with Gasteiger partial charge in [-0.2, -0.15) is 0 Å². The summed E-state index contributed by atoms with van der Waals surface area (Å²) in [6, 6.07) is 6.37. The van der Waals surface area contributed by atoms with Gasteiger partial charge in [0.25, 0.3) is 0 Å². The Bertz CT molecular complexity index is 778. The lowest BCUT2D eigenvalue weighted by atomic mass is 9.86. The van der Waals surface area contributed by atoms with Crippen molar-refractivity contribution in [3.63, 3.8) is 0 Å². The molecular formula is C17H25N3O2S2. The van der Waals surface area contributed by atoms with Gasteiger partial charge >= 0.3 is 0 Å². The third-order valence-corrected chi connectivity index (χ3v) is 7.42. The molecule has 1 aliphatic rings. The molecule has 7 heteroatoms. The third-order valence-electron chi connectivity index (χ3n) is 4.72. The van der Waals surface area contributed by atoms with Gasteiger partial charge in [-0.25, -0.2) is 18.1 Å². The van der Waals surface area contributed by atoms with Gasteiger partial charge in [-0.3, -0.25) is 0 Å². The highest BCUT2D eigenvalue weighted by Crippen LogP contribution is 2.27. The molecule has 0 unspecified atom stereocenters. The molecule has 0 bridgehead atoms. The predicted octanol–water partition coefficient (Wildman–Crippen LogP) is 3.59. The Labute approximate surface area is 147 Å². The van der Waals surface area contributed by atoms with Gasteiger partial charge in [0.1, 0.15) is 0 Å². The molecule has 0 radical (unpaired) electrons. The fraction of sp³-hybridized carbons (Fsp3) is 0.588. The van der Waals surface area contributed by atoms with Crippen LogP contribution < -0.4 is 10.0 Å². The second-order valence-electron chi connectivity index (χ2n) is 6.85. The molecule has 1 aromatic carbocycles. The molecule has 1 heterocycles. The van der Waals surface area contributed by atoms with E-state index in [1.54, 1.807) is 25.2 Å². The Morgan fingerprint density at radius 3 is 2.71 bits per heavy atom. The Morgan fingerprint density at radius 1 is 1.25 bits per heavy atom. The normalized spacial score (nSPS) is 22.1. The molecule has 0 saturated heterocycles. The molecule has 2 aromatic rings. The third kappa shape index (κ3) is 4.26. The van der Waals surface area contributed by atoms with Crippen molar-refractivity contribution in [2.75, 3.05) is 11.9 Å². The molecule has 3 rings (SSSR count). The lowest BCUT2D eigenvalue weighted by Crippen LogP contribution is -2.41. The summed E-state index contributed by atoms with van der Waals surface area (Å²) in [7, 11) is -3.16. The van der Waals surface area contributed by atoms with Gasteiger partial charge in [-0.1, -0.05) is 0 Å². The van der Waals surface area contributed by atoms with E-state index in [-0.39, 0.29) is 11.3 Å². The van der Waals surface area contributed by atoms with Crippen molar-refractivity contribution in [1.82, 2.24) is 9.71 Å². The van der Waals surface area contributed by atoms with Crippen molar-refractivity contribution in [3.8, 4) is 0 Å². The molecule has 132 valence electrons. The first kappa shape index (κ1) is 17.6. The Balaban J connectivity index is 1.47. The molecule has 1 saturated carbocycles. The number of hydrogen-bond donors (Lipinski definition) is 2. The molecule has 1 aromatic heterocycles. The maximum absolute atomic E-state index is 11.9. The molecule has 0 spiro atoms. The average molecular weight is 368 g/mol. The number of hydrogen-bond acceptors (Lipinski definition) is 5. The van der Waals surface area contributed by atoms with Crippen LogP contribution in [0.1, 0.15) is 39.5 Å². The Hall–Kier alpha value is -1.18. The number of nitrogens with zero attached hydrogens (tertiary/aromatic N) is 1. The van der Waals surface area contributed by atoms with Crippen LogP contribution in [0.3, 0.4) is 0 Å². The monoisotopic (exact) mass is 367 g/mol. The van der Waals surface area contributed by atoms with E-state index in [1.807, 2.05) is 11.6 Å². The van der Waals surface area contributed by atoms with Crippen LogP contribution in [0.15, 0.2) is 23.7 Å². The number of anilines is 1. The number of sulfonamides is 1. The van der Waals surface area contributed by atoms with E-state index in [0.29, 0.717) is 5.92 Å². The number of thiazole rings is 1. The molecule has 1 aliphatic carbocycles. The predicted molar refractivity (Wildman–Crippen MR) is 101 cm³/mol. The van der Waals surface area contributed by atoms with Crippen molar-refractivity contribution in [2.45, 2.75) is 50.8 Å². The zero-order valence-electron chi connectivity index (χ0n) is 14.2. The van der Waals surface area contributed by atoms with Crippen molar-refractivity contribution >= 4 is 37.3 Å². The van der Waals surface area contributed by atoms with Crippen LogP contribution in [0.4, 0.5) is 5.69 Å². The fourth-order valence-corrected chi connectivity index (χ4v) is 4.77. The zero-order valence-corrected chi connectivity index (χ0v) is 15.8. The molecule has 2 N–H and O–H groups in total. The summed E-state index contributed by atoms with van der Waals surface area (Å²) in [6.07, 6.45) is 3.96. The number of rotatable bonds is 6. The van der Waals surface area contributed by atoms with Crippen LogP contribution in [0.5, 0.6) is 0 Å². The highest BCUT2D eigenvalue weighted by molar-refractivity contribution is 7.90. The van der Waals surface area contributed by atoms with Gasteiger partial charge in [0.15, 0.2) is 0 Å². The quantitative estimate of drug-likeness (QED) is 0.818. The van der Waals surface area contributed by atoms with E-state index in [2.05, 4.69) is 27.2 Å². The summed E-state index contributed by atoms with van der Waals surface area (Å²) in [4.78, 5) is 4.29. The van der Waals surface area contributed by atoms with Gasteiger partial charge in [-0.05, 0) is 63.6 Å². The topological polar surface area (TPSA) is 71.1 Å². The first-order valence-electron chi connectivity index (χ1n) is 8.52. The number of aromatic nitrogens is 1. The number of fused-ring (bicyclic) bond motifs is 1. The molecule has 0 amide bonds. The standard InChI is InChI=1S/C17H25N3O2S2/c1-12(2)24(21,22)20-14-5-3-13(4-6-14)10-18-15-7-8-16-17(9-15)23-11-19-16/h7-9,11-14,18,20H,3-6,10H2,1-2H3/t13-,14-. The fourth-order valence-electron chi connectivity index (χ4n) is 3.08. The van der Waals surface area contributed by atoms with E-state index >= 15 is 0 Å². The van der Waals surface area contributed by atoms with E-state index < -0.39 is 10.0 Å². The Morgan fingerprint density at radius 2 is 2.00 bits per heavy atom. The lowest BCUT2D eigenvalue weighted by molar-refractivity contribution is 0.323. The summed E-state index contributed by atoms with van der Waals surface area (Å²) >= 11 is 1.65. The highest BCUT2D eigenvalue weighted by atomic mass is 32.2. The van der Waals surface area contributed by atoms with Crippen LogP contribution in [-0.2, 0) is 10.0 Å². The molecular weight excluding hydrogens is 342 g/mol. The van der Waals surface area contributed by atoms with E-state index in [1.165, 1.54) is 4.70 Å². The summed E-state index contributed by atoms with van der Waals surface area (Å²) in [5.74, 6) is 0.599. The van der Waals surface area contributed by atoms with Gasteiger partial charge in [0, 0.05) is 18.3 Å². The zero-order chi connectivity index (χ0) is 17.2. The van der Waals surface area contributed by atoms with Crippen LogP contribution in [0.25, 0.3) is 10.2 Å². The first-order valence-corrected chi connectivity index (χ1v) is 10.9. The van der Waals surface area contributed by atoms with Crippen molar-refractivity contribution < 1.29 is 8.42 Å². The minimum atomic E-state index is -3.16. The largest absolute Gasteiger partial charge is 0.385 e. The van der Waals surface area contributed by atoms with Crippen molar-refractivity contribution in [3.05, 3.63) is 23.7 Å². The maximum atomic E-state index is 11.9. The Kier molecular flexibility index (Phi) is 5.42. The minimum Gasteiger partial charge on any atom is -0.385 e. The summed E-state index contributed by atoms with van der Waals surface area (Å²) in [5, 5.41) is 3.16. The van der Waals surface area contributed by atoms with Crippen LogP contribution >= 0.6 is 11.3 Å². The maximum Gasteiger partial charge on any atom is 0.214 e. The number of nitrogens with one attached hydrogen (secondary N) is 2. The van der Waals surface area contributed by atoms with Crippen LogP contribution in [0.2, 0.25) is 0 Å². The smallest absolute Gasteiger partial charge is 0.214 e. The van der Waals surface area contributed by atoms with E-state index in [9.17, 15) is 8.42 Å².